The number of hydrogen-bond donors (Lipinski definition) is 1. The number of carbonyl (C=O) groups excluding carboxylic acids is 1. The van der Waals surface area contributed by atoms with Crippen LogP contribution in [0.2, 0.25) is 0 Å². The molecule has 0 atom stereocenters. The lowest BCUT2D eigenvalue weighted by molar-refractivity contribution is -0.111. The Morgan fingerprint density at radius 3 is 2.76 bits per heavy atom. The lowest BCUT2D eigenvalue weighted by Gasteiger charge is -2.10. The molecular weight excluding hydrogens is 400 g/mol. The Labute approximate surface area is 158 Å². The molecule has 0 radical (unpaired) electrons. The minimum Gasteiger partial charge on any atom is -0.485 e. The van der Waals surface area contributed by atoms with Crippen LogP contribution in [-0.4, -0.2) is 10.9 Å². The van der Waals surface area contributed by atoms with Crippen LogP contribution in [0, 0.1) is 0 Å². The van der Waals surface area contributed by atoms with E-state index in [-0.39, 0.29) is 5.91 Å². The summed E-state index contributed by atoms with van der Waals surface area (Å²) >= 11 is 4.91. The summed E-state index contributed by atoms with van der Waals surface area (Å²) in [5.41, 5.74) is 4.20. The second-order valence-electron chi connectivity index (χ2n) is 5.14. The minimum absolute atomic E-state index is 0.215. The maximum Gasteiger partial charge on any atom is 0.248 e. The van der Waals surface area contributed by atoms with Gasteiger partial charge < -0.3 is 10.1 Å². The van der Waals surface area contributed by atoms with Crippen LogP contribution in [0.25, 0.3) is 6.08 Å². The summed E-state index contributed by atoms with van der Waals surface area (Å²) in [5, 5.41) is 4.78. The van der Waals surface area contributed by atoms with Gasteiger partial charge in [-0.3, -0.25) is 4.79 Å². The lowest BCUT2D eigenvalue weighted by Crippen LogP contribution is -2.09. The smallest absolute Gasteiger partial charge is 0.248 e. The highest BCUT2D eigenvalue weighted by atomic mass is 79.9. The predicted octanol–water partition coefficient (Wildman–Crippen LogP) is 5.14. The van der Waals surface area contributed by atoms with Crippen molar-refractivity contribution in [2.45, 2.75) is 6.61 Å². The first-order valence-corrected chi connectivity index (χ1v) is 9.28. The Balaban J connectivity index is 1.63. The summed E-state index contributed by atoms with van der Waals surface area (Å²) in [5.74, 6) is 0.397. The molecule has 0 bridgehead atoms. The second kappa shape index (κ2) is 8.60. The molecule has 2 aromatic carbocycles. The average Bonchev–Trinajstić information content (AvgIpc) is 3.14. The first-order chi connectivity index (χ1) is 12.2. The molecule has 0 spiro atoms. The van der Waals surface area contributed by atoms with Gasteiger partial charge in [-0.2, -0.15) is 0 Å². The highest BCUT2D eigenvalue weighted by molar-refractivity contribution is 9.10. The van der Waals surface area contributed by atoms with Gasteiger partial charge in [0, 0.05) is 15.9 Å². The molecule has 0 unspecified atom stereocenters. The summed E-state index contributed by atoms with van der Waals surface area (Å²) in [6.45, 7) is 0.366. The molecule has 1 heterocycles. The number of nitrogens with zero attached hydrogens (tertiary/aromatic N) is 1. The van der Waals surface area contributed by atoms with E-state index in [1.807, 2.05) is 53.9 Å². The zero-order chi connectivity index (χ0) is 17.5. The van der Waals surface area contributed by atoms with E-state index in [1.54, 1.807) is 11.6 Å². The summed E-state index contributed by atoms with van der Waals surface area (Å²) in [6.07, 6.45) is 3.26. The van der Waals surface area contributed by atoms with E-state index in [0.29, 0.717) is 18.0 Å². The molecule has 4 nitrogen and oxygen atoms in total. The first-order valence-electron chi connectivity index (χ1n) is 7.54. The number of amides is 1. The van der Waals surface area contributed by atoms with E-state index in [1.165, 1.54) is 17.4 Å². The van der Waals surface area contributed by atoms with Crippen LogP contribution < -0.4 is 10.1 Å². The van der Waals surface area contributed by atoms with Gasteiger partial charge in [-0.05, 0) is 35.9 Å². The van der Waals surface area contributed by atoms with Gasteiger partial charge in [0.25, 0.3) is 0 Å². The molecule has 6 heteroatoms. The van der Waals surface area contributed by atoms with Crippen LogP contribution in [0.15, 0.2) is 70.0 Å². The van der Waals surface area contributed by atoms with Crippen LogP contribution in [0.4, 0.5) is 5.69 Å². The van der Waals surface area contributed by atoms with Gasteiger partial charge in [-0.25, -0.2) is 4.98 Å². The molecule has 0 saturated heterocycles. The molecule has 0 saturated carbocycles. The summed E-state index contributed by atoms with van der Waals surface area (Å²) in [4.78, 5) is 16.3. The van der Waals surface area contributed by atoms with Crippen LogP contribution in [-0.2, 0) is 11.4 Å². The highest BCUT2D eigenvalue weighted by Gasteiger charge is 2.06. The molecule has 0 aliphatic heterocycles. The van der Waals surface area contributed by atoms with Crippen molar-refractivity contribution >= 4 is 44.9 Å². The Bertz CT molecular complexity index is 861. The van der Waals surface area contributed by atoms with Crippen LogP contribution >= 0.6 is 27.3 Å². The number of anilines is 1. The van der Waals surface area contributed by atoms with Crippen molar-refractivity contribution in [2.75, 3.05) is 5.32 Å². The van der Waals surface area contributed by atoms with E-state index >= 15 is 0 Å². The largest absolute Gasteiger partial charge is 0.485 e. The molecule has 3 rings (SSSR count). The topological polar surface area (TPSA) is 51.2 Å². The minimum atomic E-state index is -0.215. The zero-order valence-corrected chi connectivity index (χ0v) is 15.6. The number of hydrogen-bond acceptors (Lipinski definition) is 4. The van der Waals surface area contributed by atoms with E-state index in [9.17, 15) is 4.79 Å². The highest BCUT2D eigenvalue weighted by Crippen LogP contribution is 2.24. The van der Waals surface area contributed by atoms with E-state index in [2.05, 4.69) is 26.2 Å². The number of rotatable bonds is 6. The third-order valence-corrected chi connectivity index (χ3v) is 4.47. The number of para-hydroxylation sites is 2. The van der Waals surface area contributed by atoms with Crippen LogP contribution in [0.5, 0.6) is 5.75 Å². The van der Waals surface area contributed by atoms with Crippen LogP contribution in [0.3, 0.4) is 0 Å². The Kier molecular flexibility index (Phi) is 5.98. The van der Waals surface area contributed by atoms with E-state index in [0.717, 1.165) is 15.7 Å². The van der Waals surface area contributed by atoms with Gasteiger partial charge in [-0.1, -0.05) is 40.2 Å². The molecule has 1 amide bonds. The molecule has 3 aromatic rings. The molecule has 0 aliphatic carbocycles. The zero-order valence-electron chi connectivity index (χ0n) is 13.2. The molecule has 25 heavy (non-hydrogen) atoms. The quantitative estimate of drug-likeness (QED) is 0.568. The SMILES string of the molecule is O=C(/C=C\c1ccc(Br)cc1)Nc1ccccc1OCc1cscn1. The molecule has 0 aliphatic rings. The van der Waals surface area contributed by atoms with Crippen molar-refractivity contribution in [3.05, 3.63) is 81.2 Å². The summed E-state index contributed by atoms with van der Waals surface area (Å²) < 4.78 is 6.76. The molecular formula is C19H15BrN2O2S. The normalized spacial score (nSPS) is 10.8. The van der Waals surface area contributed by atoms with Gasteiger partial charge in [0.05, 0.1) is 16.9 Å². The number of carbonyl (C=O) groups is 1. The van der Waals surface area contributed by atoms with Crippen molar-refractivity contribution in [2.24, 2.45) is 0 Å². The number of ether oxygens (including phenoxy) is 1. The maximum atomic E-state index is 12.2. The molecule has 0 fully saturated rings. The molecule has 1 N–H and O–H groups in total. The van der Waals surface area contributed by atoms with Gasteiger partial charge in [-0.15, -0.1) is 11.3 Å². The standard InChI is InChI=1S/C19H15BrN2O2S/c20-15-8-5-14(6-9-15)7-10-19(23)22-17-3-1-2-4-18(17)24-11-16-12-25-13-21-16/h1-10,12-13H,11H2,(H,22,23)/b10-7-. The fraction of sp³-hybridized carbons (Fsp3) is 0.0526. The third kappa shape index (κ3) is 5.27. The third-order valence-electron chi connectivity index (χ3n) is 3.30. The van der Waals surface area contributed by atoms with Gasteiger partial charge in [0.15, 0.2) is 0 Å². The Hall–Kier alpha value is -2.44. The average molecular weight is 415 g/mol. The second-order valence-corrected chi connectivity index (χ2v) is 6.77. The predicted molar refractivity (Wildman–Crippen MR) is 105 cm³/mol. The van der Waals surface area contributed by atoms with E-state index in [4.69, 9.17) is 4.74 Å². The number of thiazole rings is 1. The monoisotopic (exact) mass is 414 g/mol. The van der Waals surface area contributed by atoms with Gasteiger partial charge >= 0.3 is 0 Å². The lowest BCUT2D eigenvalue weighted by atomic mass is 10.2. The fourth-order valence-corrected chi connectivity index (χ4v) is 2.88. The van der Waals surface area contributed by atoms with Crippen molar-refractivity contribution in [1.82, 2.24) is 4.98 Å². The number of aromatic nitrogens is 1. The van der Waals surface area contributed by atoms with Crippen molar-refractivity contribution in [3.8, 4) is 5.75 Å². The fourth-order valence-electron chi connectivity index (χ4n) is 2.08. The number of halogens is 1. The Morgan fingerprint density at radius 2 is 2.00 bits per heavy atom. The summed E-state index contributed by atoms with van der Waals surface area (Å²) in [7, 11) is 0. The number of nitrogens with one attached hydrogen (secondary N) is 1. The summed E-state index contributed by atoms with van der Waals surface area (Å²) in [6, 6.07) is 15.1. The molecule has 126 valence electrons. The molecule has 1 aromatic heterocycles. The maximum absolute atomic E-state index is 12.2. The first kappa shape index (κ1) is 17.4. The van der Waals surface area contributed by atoms with Crippen LogP contribution in [0.1, 0.15) is 11.3 Å². The van der Waals surface area contributed by atoms with Crippen molar-refractivity contribution in [3.63, 3.8) is 0 Å². The van der Waals surface area contributed by atoms with Gasteiger partial charge in [0.1, 0.15) is 12.4 Å². The number of benzene rings is 2. The van der Waals surface area contributed by atoms with Gasteiger partial charge in [0.2, 0.25) is 5.91 Å². The Morgan fingerprint density at radius 1 is 1.20 bits per heavy atom. The van der Waals surface area contributed by atoms with Crippen molar-refractivity contribution in [1.29, 1.82) is 0 Å². The van der Waals surface area contributed by atoms with Crippen molar-refractivity contribution < 1.29 is 9.53 Å². The van der Waals surface area contributed by atoms with E-state index < -0.39 is 0 Å².